The van der Waals surface area contributed by atoms with Crippen molar-refractivity contribution in [1.29, 1.82) is 0 Å². The predicted molar refractivity (Wildman–Crippen MR) is 177 cm³/mol. The Morgan fingerprint density at radius 3 is 2.48 bits per heavy atom. The number of rotatable bonds is 2. The second-order valence-corrected chi connectivity index (χ2v) is 13.2. The lowest BCUT2D eigenvalue weighted by molar-refractivity contribution is -0.136. The fourth-order valence-corrected chi connectivity index (χ4v) is 5.75. The van der Waals surface area contributed by atoms with Gasteiger partial charge in [-0.15, -0.1) is 0 Å². The van der Waals surface area contributed by atoms with Gasteiger partial charge in [0.15, 0.2) is 5.65 Å². The number of fused-ring (bicyclic) bond motifs is 6. The first-order valence-corrected chi connectivity index (χ1v) is 15.7. The van der Waals surface area contributed by atoms with Crippen LogP contribution in [0.3, 0.4) is 0 Å². The number of aryl methyl sites for hydroxylation is 1. The maximum absolute atomic E-state index is 15.3. The number of carboxylic acid groups (broad SMARTS) is 1. The van der Waals surface area contributed by atoms with Crippen molar-refractivity contribution >= 4 is 17.4 Å². The van der Waals surface area contributed by atoms with Crippen LogP contribution in [0.25, 0.3) is 28.0 Å². The Morgan fingerprint density at radius 2 is 1.78 bits per heavy atom. The van der Waals surface area contributed by atoms with Crippen LogP contribution in [-0.4, -0.2) is 67.8 Å². The van der Waals surface area contributed by atoms with Crippen LogP contribution in [0.5, 0.6) is 5.75 Å². The van der Waals surface area contributed by atoms with Gasteiger partial charge in [-0.1, -0.05) is 30.3 Å². The van der Waals surface area contributed by atoms with E-state index in [2.05, 4.69) is 11.8 Å². The molecule has 6 bridgehead atoms. The molecule has 1 unspecified atom stereocenters. The minimum atomic E-state index is -0.921. The summed E-state index contributed by atoms with van der Waals surface area (Å²) in [7, 11) is 0. The summed E-state index contributed by atoms with van der Waals surface area (Å²) in [6.45, 7) is 12.9. The zero-order valence-electron chi connectivity index (χ0n) is 27.4. The fraction of sp³-hybridized carbons (Fsp3) is 0.417. The summed E-state index contributed by atoms with van der Waals surface area (Å²) in [6, 6.07) is 14.3. The van der Waals surface area contributed by atoms with Crippen LogP contribution in [-0.2, 0) is 16.0 Å². The third-order valence-electron chi connectivity index (χ3n) is 8.00. The monoisotopic (exact) mass is 630 g/mol. The van der Waals surface area contributed by atoms with Crippen molar-refractivity contribution in [1.82, 2.24) is 14.6 Å². The number of halogens is 1. The Morgan fingerprint density at radius 1 is 1.11 bits per heavy atom. The summed E-state index contributed by atoms with van der Waals surface area (Å²) in [5.41, 5.74) is 3.59. The highest BCUT2D eigenvalue weighted by atomic mass is 19.1. The minimum Gasteiger partial charge on any atom is -0.486 e. The lowest BCUT2D eigenvalue weighted by atomic mass is 9.93. The molecule has 1 atom stereocenters. The molecule has 0 saturated carbocycles. The number of benzene rings is 2. The number of aliphatic carboxylic acids is 1. The van der Waals surface area contributed by atoms with Crippen molar-refractivity contribution in [3.63, 3.8) is 0 Å². The van der Waals surface area contributed by atoms with E-state index in [9.17, 15) is 9.90 Å². The normalized spacial score (nSPS) is 20.5. The largest absolute Gasteiger partial charge is 0.486 e. The van der Waals surface area contributed by atoms with E-state index >= 15 is 4.39 Å². The number of anilines is 1. The lowest BCUT2D eigenvalue weighted by Gasteiger charge is -2.40. The van der Waals surface area contributed by atoms with E-state index in [-0.39, 0.29) is 23.9 Å². The van der Waals surface area contributed by atoms with Gasteiger partial charge in [0.25, 0.3) is 0 Å². The number of carboxylic acids is 1. The summed E-state index contributed by atoms with van der Waals surface area (Å²) in [4.78, 5) is 18.8. The predicted octanol–water partition coefficient (Wildman–Crippen LogP) is 6.63. The summed E-state index contributed by atoms with van der Waals surface area (Å²) < 4.78 is 29.5. The molecule has 1 fully saturated rings. The molecule has 5 heterocycles. The zero-order chi connectivity index (χ0) is 33.2. The van der Waals surface area contributed by atoms with E-state index in [4.69, 9.17) is 24.7 Å². The summed E-state index contributed by atoms with van der Waals surface area (Å²) in [6.07, 6.45) is 4.96. The maximum atomic E-state index is 15.3. The van der Waals surface area contributed by atoms with Crippen LogP contribution in [0, 0.1) is 12.7 Å². The average molecular weight is 631 g/mol. The molecule has 0 radical (unpaired) electrons. The topological polar surface area (TPSA) is 109 Å². The molecular formula is C36H43FN4O5. The van der Waals surface area contributed by atoms with Gasteiger partial charge in [0, 0.05) is 36.0 Å². The molecule has 46 heavy (non-hydrogen) atoms. The lowest BCUT2D eigenvalue weighted by Crippen LogP contribution is -2.45. The first-order valence-electron chi connectivity index (χ1n) is 15.7. The second-order valence-electron chi connectivity index (χ2n) is 13.2. The number of ether oxygens (including phenoxy) is 2. The Balaban J connectivity index is 0.000000775. The molecule has 0 aliphatic carbocycles. The van der Waals surface area contributed by atoms with Crippen LogP contribution in [0.1, 0.15) is 58.7 Å². The van der Waals surface area contributed by atoms with Gasteiger partial charge >= 0.3 is 5.97 Å². The number of hydrogen-bond donors (Lipinski definition) is 2. The van der Waals surface area contributed by atoms with E-state index < -0.39 is 11.6 Å². The van der Waals surface area contributed by atoms with Crippen molar-refractivity contribution in [2.75, 3.05) is 24.6 Å². The number of piperidine rings is 1. The molecule has 0 spiro atoms. The van der Waals surface area contributed by atoms with E-state index in [1.165, 1.54) is 6.07 Å². The highest BCUT2D eigenvalue weighted by molar-refractivity contribution is 5.78. The molecule has 244 valence electrons. The smallest absolute Gasteiger partial charge is 0.308 e. The van der Waals surface area contributed by atoms with Crippen molar-refractivity contribution < 1.29 is 28.9 Å². The third kappa shape index (κ3) is 7.74. The Bertz CT molecular complexity index is 1750. The molecule has 2 aromatic heterocycles. The van der Waals surface area contributed by atoms with Gasteiger partial charge in [0.1, 0.15) is 23.5 Å². The van der Waals surface area contributed by atoms with Gasteiger partial charge < -0.3 is 24.6 Å². The molecule has 1 saturated heterocycles. The SMILES string of the molecule is CC(C)(C)O.Cc1nc2cc3nn2c(c1CC(=O)O)N1CCC(C)(CC1)OC/C=C/C(C)Oc1cccc(F)c1-c1cccc-3c1. The van der Waals surface area contributed by atoms with Crippen LogP contribution in [0.15, 0.2) is 60.7 Å². The van der Waals surface area contributed by atoms with E-state index in [0.29, 0.717) is 59.2 Å². The van der Waals surface area contributed by atoms with Crippen LogP contribution < -0.4 is 9.64 Å². The summed E-state index contributed by atoms with van der Waals surface area (Å²) in [5, 5.41) is 23.2. The molecule has 3 aliphatic heterocycles. The summed E-state index contributed by atoms with van der Waals surface area (Å²) in [5.74, 6) is -0.106. The van der Waals surface area contributed by atoms with Gasteiger partial charge in [-0.3, -0.25) is 4.79 Å². The van der Waals surface area contributed by atoms with Gasteiger partial charge in [0.05, 0.1) is 35.5 Å². The van der Waals surface area contributed by atoms with Gasteiger partial charge in [0.2, 0.25) is 0 Å². The van der Waals surface area contributed by atoms with E-state index in [0.717, 1.165) is 24.2 Å². The molecule has 9 nitrogen and oxygen atoms in total. The first-order chi connectivity index (χ1) is 21.7. The molecule has 10 heteroatoms. The van der Waals surface area contributed by atoms with E-state index in [1.54, 1.807) is 37.4 Å². The highest BCUT2D eigenvalue weighted by Gasteiger charge is 2.33. The van der Waals surface area contributed by atoms with Gasteiger partial charge in [-0.25, -0.2) is 9.37 Å². The highest BCUT2D eigenvalue weighted by Crippen LogP contribution is 2.37. The number of carbonyl (C=O) groups is 1. The minimum absolute atomic E-state index is 0.155. The van der Waals surface area contributed by atoms with E-state index in [1.807, 2.05) is 56.3 Å². The van der Waals surface area contributed by atoms with Crippen molar-refractivity contribution in [3.8, 4) is 28.1 Å². The van der Waals surface area contributed by atoms with Crippen molar-refractivity contribution in [2.24, 2.45) is 0 Å². The molecule has 0 amide bonds. The molecule has 2 N–H and O–H groups in total. The molecular weight excluding hydrogens is 587 g/mol. The zero-order valence-corrected chi connectivity index (χ0v) is 27.4. The quantitative estimate of drug-likeness (QED) is 0.238. The Labute approximate surface area is 269 Å². The number of aromatic nitrogens is 3. The van der Waals surface area contributed by atoms with Crippen molar-refractivity contribution in [2.45, 2.75) is 78.1 Å². The Hall–Kier alpha value is -4.28. The third-order valence-corrected chi connectivity index (χ3v) is 8.00. The fourth-order valence-electron chi connectivity index (χ4n) is 5.75. The molecule has 3 aliphatic rings. The molecule has 7 rings (SSSR count). The first kappa shape index (κ1) is 33.1. The van der Waals surface area contributed by atoms with Gasteiger partial charge in [-0.2, -0.15) is 9.61 Å². The van der Waals surface area contributed by atoms with Crippen molar-refractivity contribution in [3.05, 3.63) is 77.8 Å². The standard InChI is InChI=1S/C32H33FN4O4.C4H10O/c1-20-7-6-16-40-32(3)12-14-36(15-13-32)31-24(18-29(38)39)21(2)34-28-19-26(35-37(28)31)22-8-4-9-23(17-22)30-25(33)10-5-11-27(30)41-20;1-4(2,3)5/h4-11,17,19-20H,12-16,18H2,1-3H3,(H,38,39);5H,1-3H3/b7-6+;. The van der Waals surface area contributed by atoms with Crippen LogP contribution >= 0.6 is 0 Å². The average Bonchev–Trinajstić information content (AvgIpc) is 3.39. The Kier molecular flexibility index (Phi) is 9.51. The number of aliphatic hydroxyl groups is 1. The second kappa shape index (κ2) is 13.2. The number of hydrogen-bond acceptors (Lipinski definition) is 7. The maximum Gasteiger partial charge on any atom is 0.308 e. The van der Waals surface area contributed by atoms with Gasteiger partial charge in [-0.05, 0) is 84.2 Å². The number of nitrogens with zero attached hydrogens (tertiary/aromatic N) is 4. The van der Waals surface area contributed by atoms with Crippen LogP contribution in [0.4, 0.5) is 10.2 Å². The molecule has 4 aromatic rings. The summed E-state index contributed by atoms with van der Waals surface area (Å²) >= 11 is 0. The van der Waals surface area contributed by atoms with Crippen LogP contribution in [0.2, 0.25) is 0 Å². The molecule has 2 aromatic carbocycles.